The number of anilines is 1. The van der Waals surface area contributed by atoms with Gasteiger partial charge in [-0.3, -0.25) is 4.79 Å². The van der Waals surface area contributed by atoms with E-state index in [1.165, 1.54) is 0 Å². The predicted octanol–water partition coefficient (Wildman–Crippen LogP) is 1.74. The lowest BCUT2D eigenvalue weighted by Gasteiger charge is -2.23. The van der Waals surface area contributed by atoms with Crippen LogP contribution in [0.4, 0.5) is 5.69 Å². The predicted molar refractivity (Wildman–Crippen MR) is 77.4 cm³/mol. The van der Waals surface area contributed by atoms with Crippen LogP contribution in [0.5, 0.6) is 5.75 Å². The normalized spacial score (nSPS) is 12.0. The summed E-state index contributed by atoms with van der Waals surface area (Å²) in [4.78, 5) is 13.7. The van der Waals surface area contributed by atoms with E-state index >= 15 is 0 Å². The number of benzene rings is 1. The van der Waals surface area contributed by atoms with Crippen molar-refractivity contribution in [3.8, 4) is 5.75 Å². The van der Waals surface area contributed by atoms with E-state index in [0.29, 0.717) is 12.2 Å². The van der Waals surface area contributed by atoms with Gasteiger partial charge < -0.3 is 15.4 Å². The van der Waals surface area contributed by atoms with E-state index in [2.05, 4.69) is 0 Å². The number of carbonyl (C=O) groups is 1. The molecular weight excluding hydrogens is 248 g/mol. The van der Waals surface area contributed by atoms with Crippen LogP contribution < -0.4 is 15.4 Å². The van der Waals surface area contributed by atoms with Gasteiger partial charge in [0.2, 0.25) is 5.91 Å². The van der Waals surface area contributed by atoms with E-state index < -0.39 is 6.04 Å². The molecule has 0 aliphatic heterocycles. The maximum atomic E-state index is 12.2. The van der Waals surface area contributed by atoms with Crippen LogP contribution in [-0.4, -0.2) is 38.1 Å². The fourth-order valence-electron chi connectivity index (χ4n) is 1.64. The van der Waals surface area contributed by atoms with Crippen molar-refractivity contribution in [3.05, 3.63) is 24.3 Å². The van der Waals surface area contributed by atoms with Crippen LogP contribution in [0.3, 0.4) is 0 Å². The molecule has 1 aromatic rings. The molecule has 1 atom stereocenters. The van der Waals surface area contributed by atoms with Gasteiger partial charge in [-0.25, -0.2) is 0 Å². The number of methoxy groups -OCH3 is 1. The molecule has 1 amide bonds. The quantitative estimate of drug-likeness (QED) is 0.854. The monoisotopic (exact) mass is 268 g/mol. The topological polar surface area (TPSA) is 55.6 Å². The summed E-state index contributed by atoms with van der Waals surface area (Å²) in [5, 5.41) is 0. The van der Waals surface area contributed by atoms with Gasteiger partial charge in [-0.1, -0.05) is 12.1 Å². The van der Waals surface area contributed by atoms with Crippen molar-refractivity contribution >= 4 is 23.4 Å². The summed E-state index contributed by atoms with van der Waals surface area (Å²) in [7, 11) is 3.31. The van der Waals surface area contributed by atoms with Gasteiger partial charge >= 0.3 is 0 Å². The van der Waals surface area contributed by atoms with Crippen molar-refractivity contribution < 1.29 is 9.53 Å². The molecule has 0 fully saturated rings. The van der Waals surface area contributed by atoms with Gasteiger partial charge in [0.15, 0.2) is 0 Å². The molecule has 0 saturated carbocycles. The summed E-state index contributed by atoms with van der Waals surface area (Å²) in [5.41, 5.74) is 6.63. The zero-order valence-electron chi connectivity index (χ0n) is 11.1. The third kappa shape index (κ3) is 3.65. The number of amides is 1. The molecule has 2 N–H and O–H groups in total. The molecule has 5 heteroatoms. The summed E-state index contributed by atoms with van der Waals surface area (Å²) in [6, 6.07) is 6.95. The molecular formula is C13H20N2O2S. The zero-order valence-corrected chi connectivity index (χ0v) is 11.9. The molecule has 0 bridgehead atoms. The Hall–Kier alpha value is -1.20. The van der Waals surface area contributed by atoms with E-state index in [1.54, 1.807) is 30.8 Å². The van der Waals surface area contributed by atoms with Gasteiger partial charge in [-0.2, -0.15) is 11.8 Å². The first-order valence-corrected chi connectivity index (χ1v) is 7.16. The van der Waals surface area contributed by atoms with Gasteiger partial charge in [0.05, 0.1) is 18.8 Å². The fraction of sp³-hybridized carbons (Fsp3) is 0.462. The van der Waals surface area contributed by atoms with Crippen LogP contribution in [0, 0.1) is 0 Å². The van der Waals surface area contributed by atoms with Gasteiger partial charge in [-0.15, -0.1) is 0 Å². The third-order valence-corrected chi connectivity index (χ3v) is 3.37. The third-order valence-electron chi connectivity index (χ3n) is 2.73. The maximum absolute atomic E-state index is 12.2. The van der Waals surface area contributed by atoms with Gasteiger partial charge in [0.25, 0.3) is 0 Å². The number of thioether (sulfide) groups is 1. The first kappa shape index (κ1) is 14.9. The second-order valence-corrected chi connectivity index (χ2v) is 4.94. The molecule has 100 valence electrons. The minimum absolute atomic E-state index is 0.0893. The summed E-state index contributed by atoms with van der Waals surface area (Å²) in [6.45, 7) is 0. The van der Waals surface area contributed by atoms with Gasteiger partial charge in [0.1, 0.15) is 5.75 Å². The highest BCUT2D eigenvalue weighted by atomic mass is 32.2. The Morgan fingerprint density at radius 1 is 1.50 bits per heavy atom. The van der Waals surface area contributed by atoms with Crippen LogP contribution >= 0.6 is 11.8 Å². The molecule has 0 aliphatic rings. The summed E-state index contributed by atoms with van der Waals surface area (Å²) >= 11 is 1.69. The lowest BCUT2D eigenvalue weighted by atomic mass is 10.2. The molecule has 4 nitrogen and oxygen atoms in total. The smallest absolute Gasteiger partial charge is 0.243 e. The first-order chi connectivity index (χ1) is 8.61. The van der Waals surface area contributed by atoms with Crippen molar-refractivity contribution in [2.75, 3.05) is 31.1 Å². The summed E-state index contributed by atoms with van der Waals surface area (Å²) < 4.78 is 5.24. The lowest BCUT2D eigenvalue weighted by Crippen LogP contribution is -2.42. The highest BCUT2D eigenvalue weighted by molar-refractivity contribution is 7.98. The number of hydrogen-bond acceptors (Lipinski definition) is 4. The molecule has 0 unspecified atom stereocenters. The molecule has 18 heavy (non-hydrogen) atoms. The molecule has 0 radical (unpaired) electrons. The van der Waals surface area contributed by atoms with Crippen molar-refractivity contribution in [3.63, 3.8) is 0 Å². The number of para-hydroxylation sites is 2. The standard InChI is InChI=1S/C13H20N2O2S/c1-15(13(16)10(14)8-9-18-3)11-6-4-5-7-12(11)17-2/h4-7,10H,8-9,14H2,1-3H3/t10-/m1/s1. The van der Waals surface area contributed by atoms with Crippen molar-refractivity contribution in [1.82, 2.24) is 0 Å². The second-order valence-electron chi connectivity index (χ2n) is 3.96. The van der Waals surface area contributed by atoms with E-state index in [-0.39, 0.29) is 5.91 Å². The summed E-state index contributed by atoms with van der Waals surface area (Å²) in [5.74, 6) is 1.46. The first-order valence-electron chi connectivity index (χ1n) is 5.77. The Bertz CT molecular complexity index is 398. The van der Waals surface area contributed by atoms with Crippen LogP contribution in [0.15, 0.2) is 24.3 Å². The van der Waals surface area contributed by atoms with Crippen LogP contribution in [0.1, 0.15) is 6.42 Å². The summed E-state index contributed by atoms with van der Waals surface area (Å²) in [6.07, 6.45) is 2.68. The Labute approximate surface area is 112 Å². The highest BCUT2D eigenvalue weighted by Crippen LogP contribution is 2.27. The average Bonchev–Trinajstić information content (AvgIpc) is 2.42. The number of carbonyl (C=O) groups excluding carboxylic acids is 1. The van der Waals surface area contributed by atoms with Crippen LogP contribution in [0.2, 0.25) is 0 Å². The SMILES string of the molecule is COc1ccccc1N(C)C(=O)[C@H](N)CCSC. The Morgan fingerprint density at radius 2 is 2.17 bits per heavy atom. The molecule has 0 spiro atoms. The van der Waals surface area contributed by atoms with E-state index in [0.717, 1.165) is 11.4 Å². The number of nitrogens with two attached hydrogens (primary N) is 1. The molecule has 0 saturated heterocycles. The van der Waals surface area contributed by atoms with E-state index in [1.807, 2.05) is 30.5 Å². The number of nitrogens with zero attached hydrogens (tertiary/aromatic N) is 1. The molecule has 0 aromatic heterocycles. The van der Waals surface area contributed by atoms with Crippen molar-refractivity contribution in [2.45, 2.75) is 12.5 Å². The fourth-order valence-corrected chi connectivity index (χ4v) is 2.13. The Balaban J connectivity index is 2.79. The molecule has 0 heterocycles. The number of ether oxygens (including phenoxy) is 1. The number of likely N-dealkylation sites (N-methyl/N-ethyl adjacent to an activating group) is 1. The van der Waals surface area contributed by atoms with Crippen molar-refractivity contribution in [2.24, 2.45) is 5.73 Å². The molecule has 1 rings (SSSR count). The highest BCUT2D eigenvalue weighted by Gasteiger charge is 2.20. The van der Waals surface area contributed by atoms with Gasteiger partial charge in [-0.05, 0) is 30.6 Å². The minimum Gasteiger partial charge on any atom is -0.495 e. The minimum atomic E-state index is -0.465. The average molecular weight is 268 g/mol. The number of hydrogen-bond donors (Lipinski definition) is 1. The Kier molecular flexibility index (Phi) is 6.01. The molecule has 0 aliphatic carbocycles. The zero-order chi connectivity index (χ0) is 13.5. The van der Waals surface area contributed by atoms with Crippen LogP contribution in [0.25, 0.3) is 0 Å². The van der Waals surface area contributed by atoms with Gasteiger partial charge in [0, 0.05) is 7.05 Å². The lowest BCUT2D eigenvalue weighted by molar-refractivity contribution is -0.119. The van der Waals surface area contributed by atoms with E-state index in [9.17, 15) is 4.79 Å². The largest absolute Gasteiger partial charge is 0.495 e. The Morgan fingerprint density at radius 3 is 2.78 bits per heavy atom. The maximum Gasteiger partial charge on any atom is 0.243 e. The van der Waals surface area contributed by atoms with E-state index in [4.69, 9.17) is 10.5 Å². The number of rotatable bonds is 6. The second kappa shape index (κ2) is 7.28. The van der Waals surface area contributed by atoms with Crippen LogP contribution in [-0.2, 0) is 4.79 Å². The van der Waals surface area contributed by atoms with Crippen molar-refractivity contribution in [1.29, 1.82) is 0 Å². The molecule has 1 aromatic carbocycles.